The molecule has 100 valence electrons. The van der Waals surface area contributed by atoms with Gasteiger partial charge in [-0.25, -0.2) is 4.98 Å². The number of rotatable bonds is 4. The Hall–Kier alpha value is -1.16. The molecule has 4 heteroatoms. The first-order valence-electron chi connectivity index (χ1n) is 6.98. The highest BCUT2D eigenvalue weighted by Crippen LogP contribution is 2.21. The summed E-state index contributed by atoms with van der Waals surface area (Å²) in [4.78, 5) is 11.2. The van der Waals surface area contributed by atoms with Gasteiger partial charge < -0.3 is 5.32 Å². The Morgan fingerprint density at radius 1 is 1.17 bits per heavy atom. The van der Waals surface area contributed by atoms with Crippen molar-refractivity contribution >= 4 is 5.82 Å². The maximum absolute atomic E-state index is 4.44. The fourth-order valence-electron chi connectivity index (χ4n) is 2.65. The van der Waals surface area contributed by atoms with Gasteiger partial charge in [0.15, 0.2) is 0 Å². The Balaban J connectivity index is 1.90. The zero-order valence-electron chi connectivity index (χ0n) is 11.5. The summed E-state index contributed by atoms with van der Waals surface area (Å²) in [6.07, 6.45) is 11.9. The molecule has 4 nitrogen and oxygen atoms in total. The van der Waals surface area contributed by atoms with Crippen LogP contribution in [0, 0.1) is 0 Å². The summed E-state index contributed by atoms with van der Waals surface area (Å²) in [6.45, 7) is 0.904. The number of hydrogen-bond donors (Lipinski definition) is 1. The second-order valence-electron chi connectivity index (χ2n) is 5.20. The van der Waals surface area contributed by atoms with Crippen LogP contribution in [0.3, 0.4) is 0 Å². The summed E-state index contributed by atoms with van der Waals surface area (Å²) < 4.78 is 0. The third-order valence-corrected chi connectivity index (χ3v) is 3.82. The Morgan fingerprint density at radius 3 is 2.44 bits per heavy atom. The van der Waals surface area contributed by atoms with Crippen LogP contribution in [-0.4, -0.2) is 35.0 Å². The molecule has 1 aromatic rings. The van der Waals surface area contributed by atoms with Gasteiger partial charge in [-0.1, -0.05) is 25.7 Å². The molecule has 1 aliphatic carbocycles. The van der Waals surface area contributed by atoms with Crippen molar-refractivity contribution < 1.29 is 0 Å². The fourth-order valence-corrected chi connectivity index (χ4v) is 2.65. The van der Waals surface area contributed by atoms with Crippen LogP contribution in [-0.2, 0) is 6.54 Å². The van der Waals surface area contributed by atoms with Crippen LogP contribution in [0.15, 0.2) is 12.4 Å². The van der Waals surface area contributed by atoms with Gasteiger partial charge >= 0.3 is 0 Å². The molecule has 1 N–H and O–H groups in total. The number of anilines is 1. The van der Waals surface area contributed by atoms with Gasteiger partial charge in [0.05, 0.1) is 18.1 Å². The molecule has 1 saturated carbocycles. The number of aromatic nitrogens is 2. The van der Waals surface area contributed by atoms with E-state index in [0.29, 0.717) is 0 Å². The monoisotopic (exact) mass is 248 g/mol. The van der Waals surface area contributed by atoms with Gasteiger partial charge in [0, 0.05) is 19.6 Å². The maximum atomic E-state index is 4.44. The number of nitrogens with one attached hydrogen (secondary N) is 1. The van der Waals surface area contributed by atoms with E-state index in [0.717, 1.165) is 24.1 Å². The molecule has 1 heterocycles. The van der Waals surface area contributed by atoms with Crippen LogP contribution in [0.5, 0.6) is 0 Å². The molecule has 0 unspecified atom stereocenters. The Kier molecular flexibility index (Phi) is 4.93. The molecule has 1 fully saturated rings. The molecule has 0 amide bonds. The van der Waals surface area contributed by atoms with Crippen LogP contribution >= 0.6 is 0 Å². The molecule has 1 aromatic heterocycles. The van der Waals surface area contributed by atoms with E-state index in [1.165, 1.54) is 38.5 Å². The van der Waals surface area contributed by atoms with Crippen molar-refractivity contribution in [3.8, 4) is 0 Å². The average molecular weight is 248 g/mol. The Bertz CT molecular complexity index is 341. The summed E-state index contributed by atoms with van der Waals surface area (Å²) in [6, 6.07) is 0.721. The van der Waals surface area contributed by atoms with E-state index in [1.807, 2.05) is 13.2 Å². The lowest BCUT2D eigenvalue weighted by atomic mass is 10.1. The first-order chi connectivity index (χ1) is 8.79. The third kappa shape index (κ3) is 3.67. The molecule has 0 aliphatic heterocycles. The highest BCUT2D eigenvalue weighted by molar-refractivity contribution is 5.29. The summed E-state index contributed by atoms with van der Waals surface area (Å²) in [5, 5.41) is 2.99. The Morgan fingerprint density at radius 2 is 1.89 bits per heavy atom. The van der Waals surface area contributed by atoms with Crippen molar-refractivity contribution in [2.24, 2.45) is 0 Å². The standard InChI is InChI=1S/C14H24N4/c1-15-14-10-16-12(9-17-14)11-18(2)13-7-5-3-4-6-8-13/h9-10,13H,3-8,11H2,1-2H3,(H,15,17). The quantitative estimate of drug-likeness (QED) is 0.832. The molecule has 0 radical (unpaired) electrons. The van der Waals surface area contributed by atoms with E-state index in [1.54, 1.807) is 6.20 Å². The van der Waals surface area contributed by atoms with Gasteiger partial charge in [-0.2, -0.15) is 0 Å². The first-order valence-corrected chi connectivity index (χ1v) is 6.98. The smallest absolute Gasteiger partial charge is 0.144 e. The fraction of sp³-hybridized carbons (Fsp3) is 0.714. The zero-order valence-corrected chi connectivity index (χ0v) is 11.5. The van der Waals surface area contributed by atoms with Gasteiger partial charge in [0.2, 0.25) is 0 Å². The highest BCUT2D eigenvalue weighted by Gasteiger charge is 2.17. The normalized spacial score (nSPS) is 17.7. The summed E-state index contributed by atoms with van der Waals surface area (Å²) in [7, 11) is 4.07. The minimum absolute atomic E-state index is 0.721. The lowest BCUT2D eigenvalue weighted by Gasteiger charge is -2.26. The zero-order chi connectivity index (χ0) is 12.8. The third-order valence-electron chi connectivity index (χ3n) is 3.82. The molecule has 0 bridgehead atoms. The SMILES string of the molecule is CNc1cnc(CN(C)C2CCCCCC2)cn1. The van der Waals surface area contributed by atoms with Crippen molar-refractivity contribution in [3.05, 3.63) is 18.1 Å². The van der Waals surface area contributed by atoms with Crippen LogP contribution in [0.4, 0.5) is 5.82 Å². The predicted molar refractivity (Wildman–Crippen MR) is 74.5 cm³/mol. The van der Waals surface area contributed by atoms with Crippen LogP contribution in [0.2, 0.25) is 0 Å². The van der Waals surface area contributed by atoms with Crippen molar-refractivity contribution in [1.82, 2.24) is 14.9 Å². The van der Waals surface area contributed by atoms with Gasteiger partial charge in [-0.15, -0.1) is 0 Å². The Labute approximate surface area is 110 Å². The number of nitrogens with zero attached hydrogens (tertiary/aromatic N) is 3. The molecule has 18 heavy (non-hydrogen) atoms. The molecule has 1 aliphatic rings. The minimum atomic E-state index is 0.721. The van der Waals surface area contributed by atoms with Gasteiger partial charge in [0.1, 0.15) is 5.82 Å². The van der Waals surface area contributed by atoms with Gasteiger partial charge in [-0.05, 0) is 19.9 Å². The van der Waals surface area contributed by atoms with Crippen LogP contribution in [0.25, 0.3) is 0 Å². The van der Waals surface area contributed by atoms with E-state index in [9.17, 15) is 0 Å². The second kappa shape index (κ2) is 6.69. The van der Waals surface area contributed by atoms with Crippen LogP contribution < -0.4 is 5.32 Å². The van der Waals surface area contributed by atoms with E-state index < -0.39 is 0 Å². The van der Waals surface area contributed by atoms with Gasteiger partial charge in [-0.3, -0.25) is 9.88 Å². The lowest BCUT2D eigenvalue weighted by molar-refractivity contribution is 0.210. The van der Waals surface area contributed by atoms with Crippen molar-refractivity contribution in [1.29, 1.82) is 0 Å². The lowest BCUT2D eigenvalue weighted by Crippen LogP contribution is -2.31. The van der Waals surface area contributed by atoms with E-state index >= 15 is 0 Å². The summed E-state index contributed by atoms with van der Waals surface area (Å²) in [5.74, 6) is 0.830. The van der Waals surface area contributed by atoms with E-state index in [2.05, 4.69) is 27.2 Å². The number of hydrogen-bond acceptors (Lipinski definition) is 4. The van der Waals surface area contributed by atoms with Gasteiger partial charge in [0.25, 0.3) is 0 Å². The highest BCUT2D eigenvalue weighted by atomic mass is 15.1. The minimum Gasteiger partial charge on any atom is -0.372 e. The first kappa shape index (κ1) is 13.3. The van der Waals surface area contributed by atoms with E-state index in [-0.39, 0.29) is 0 Å². The predicted octanol–water partition coefficient (Wildman–Crippen LogP) is 2.67. The van der Waals surface area contributed by atoms with Crippen molar-refractivity contribution in [3.63, 3.8) is 0 Å². The van der Waals surface area contributed by atoms with E-state index in [4.69, 9.17) is 0 Å². The molecule has 0 saturated heterocycles. The average Bonchev–Trinajstić information content (AvgIpc) is 2.68. The molecule has 2 rings (SSSR count). The largest absolute Gasteiger partial charge is 0.372 e. The van der Waals surface area contributed by atoms with Crippen molar-refractivity contribution in [2.75, 3.05) is 19.4 Å². The molecule has 0 atom stereocenters. The van der Waals surface area contributed by atoms with Crippen molar-refractivity contribution in [2.45, 2.75) is 51.1 Å². The summed E-state index contributed by atoms with van der Waals surface area (Å²) in [5.41, 5.74) is 1.06. The molecular weight excluding hydrogens is 224 g/mol. The summed E-state index contributed by atoms with van der Waals surface area (Å²) >= 11 is 0. The molecule has 0 aromatic carbocycles. The molecule has 0 spiro atoms. The second-order valence-corrected chi connectivity index (χ2v) is 5.20. The maximum Gasteiger partial charge on any atom is 0.144 e. The topological polar surface area (TPSA) is 41.1 Å². The van der Waals surface area contributed by atoms with Crippen LogP contribution in [0.1, 0.15) is 44.2 Å². The molecular formula is C14H24N4.